The van der Waals surface area contributed by atoms with E-state index in [2.05, 4.69) is 15.4 Å². The molecule has 1 amide bonds. The van der Waals surface area contributed by atoms with Gasteiger partial charge in [0.05, 0.1) is 19.4 Å². The summed E-state index contributed by atoms with van der Waals surface area (Å²) in [5, 5.41) is 12.2. The number of benzene rings is 1. The van der Waals surface area contributed by atoms with Crippen molar-refractivity contribution >= 4 is 17.8 Å². The molecule has 116 valence electrons. The lowest BCUT2D eigenvalue weighted by Gasteiger charge is -2.29. The zero-order valence-electron chi connectivity index (χ0n) is 12.7. The summed E-state index contributed by atoms with van der Waals surface area (Å²) in [7, 11) is 1.61. The molecule has 6 heteroatoms. The number of nitrogens with zero attached hydrogens (tertiary/aromatic N) is 3. The van der Waals surface area contributed by atoms with Crippen LogP contribution in [0, 0.1) is 11.3 Å². The summed E-state index contributed by atoms with van der Waals surface area (Å²) in [6.45, 7) is 2.14. The van der Waals surface area contributed by atoms with E-state index in [4.69, 9.17) is 10.00 Å². The first-order valence-electron chi connectivity index (χ1n) is 7.36. The number of anilines is 1. The summed E-state index contributed by atoms with van der Waals surface area (Å²) in [5.41, 5.74) is 4.22. The van der Waals surface area contributed by atoms with Crippen LogP contribution in [-0.2, 0) is 4.79 Å². The predicted molar refractivity (Wildman–Crippen MR) is 85.0 cm³/mol. The van der Waals surface area contributed by atoms with Gasteiger partial charge in [-0.3, -0.25) is 4.79 Å². The van der Waals surface area contributed by atoms with E-state index in [-0.39, 0.29) is 6.42 Å². The van der Waals surface area contributed by atoms with Crippen LogP contribution < -0.4 is 15.1 Å². The highest BCUT2D eigenvalue weighted by Gasteiger charge is 2.12. The predicted octanol–water partition coefficient (Wildman–Crippen LogP) is 2.05. The fourth-order valence-corrected chi connectivity index (χ4v) is 2.44. The maximum Gasteiger partial charge on any atom is 0.254 e. The molecule has 0 bridgehead atoms. The van der Waals surface area contributed by atoms with Gasteiger partial charge in [0.15, 0.2) is 0 Å². The molecule has 0 spiro atoms. The van der Waals surface area contributed by atoms with Crippen molar-refractivity contribution in [1.82, 2.24) is 5.43 Å². The standard InChI is InChI=1S/C16H20N4O2/c1-22-15-11-14(20-9-3-2-4-10-20)6-5-13(15)12-18-19-16(21)7-8-17/h5-6,11-12H,2-4,7,9-10H2,1H3,(H,19,21)/b18-12-. The second kappa shape index (κ2) is 8.03. The van der Waals surface area contributed by atoms with Crippen LogP contribution in [0.3, 0.4) is 0 Å². The van der Waals surface area contributed by atoms with Crippen LogP contribution in [0.2, 0.25) is 0 Å². The molecule has 0 saturated carbocycles. The van der Waals surface area contributed by atoms with Crippen LogP contribution in [-0.4, -0.2) is 32.3 Å². The van der Waals surface area contributed by atoms with E-state index in [1.165, 1.54) is 25.5 Å². The van der Waals surface area contributed by atoms with Crippen LogP contribution in [0.5, 0.6) is 5.75 Å². The number of ether oxygens (including phenoxy) is 1. The van der Waals surface area contributed by atoms with E-state index in [9.17, 15) is 4.79 Å². The van der Waals surface area contributed by atoms with Gasteiger partial charge < -0.3 is 9.64 Å². The lowest BCUT2D eigenvalue weighted by molar-refractivity contribution is -0.120. The van der Waals surface area contributed by atoms with Crippen LogP contribution in [0.15, 0.2) is 23.3 Å². The molecule has 0 atom stereocenters. The maximum atomic E-state index is 11.2. The first-order valence-corrected chi connectivity index (χ1v) is 7.36. The molecule has 0 radical (unpaired) electrons. The monoisotopic (exact) mass is 300 g/mol. The molecule has 1 heterocycles. The highest BCUT2D eigenvalue weighted by molar-refractivity contribution is 5.86. The van der Waals surface area contributed by atoms with Gasteiger partial charge in [-0.05, 0) is 31.4 Å². The van der Waals surface area contributed by atoms with Gasteiger partial charge in [0.25, 0.3) is 5.91 Å². The molecule has 1 fully saturated rings. The molecular weight excluding hydrogens is 280 g/mol. The summed E-state index contributed by atoms with van der Waals surface area (Å²) >= 11 is 0. The number of hydrogen-bond acceptors (Lipinski definition) is 5. The van der Waals surface area contributed by atoms with Crippen molar-refractivity contribution in [2.45, 2.75) is 25.7 Å². The Morgan fingerprint density at radius 3 is 2.91 bits per heavy atom. The Morgan fingerprint density at radius 2 is 2.23 bits per heavy atom. The Labute approximate surface area is 130 Å². The first-order chi connectivity index (χ1) is 10.7. The minimum atomic E-state index is -0.428. The Bertz CT molecular complexity index is 586. The molecule has 1 N–H and O–H groups in total. The van der Waals surface area contributed by atoms with Gasteiger partial charge in [-0.15, -0.1) is 0 Å². The number of rotatable bonds is 5. The summed E-state index contributed by atoms with van der Waals surface area (Å²) in [5.74, 6) is 0.281. The van der Waals surface area contributed by atoms with Gasteiger partial charge >= 0.3 is 0 Å². The number of hydrazone groups is 1. The van der Waals surface area contributed by atoms with Crippen LogP contribution >= 0.6 is 0 Å². The molecule has 0 aromatic heterocycles. The van der Waals surface area contributed by atoms with Crippen molar-refractivity contribution in [3.05, 3.63) is 23.8 Å². The Hall–Kier alpha value is -2.55. The molecule has 0 aliphatic carbocycles. The van der Waals surface area contributed by atoms with Gasteiger partial charge in [-0.1, -0.05) is 0 Å². The summed E-state index contributed by atoms with van der Waals surface area (Å²) in [6, 6.07) is 7.71. The Morgan fingerprint density at radius 1 is 1.45 bits per heavy atom. The quantitative estimate of drug-likeness (QED) is 0.667. The lowest BCUT2D eigenvalue weighted by Crippen LogP contribution is -2.29. The number of nitriles is 1. The first kappa shape index (κ1) is 15.8. The number of piperidine rings is 1. The second-order valence-corrected chi connectivity index (χ2v) is 5.10. The zero-order valence-corrected chi connectivity index (χ0v) is 12.7. The van der Waals surface area contributed by atoms with Crippen LogP contribution in [0.25, 0.3) is 0 Å². The Balaban J connectivity index is 2.07. The smallest absolute Gasteiger partial charge is 0.254 e. The van der Waals surface area contributed by atoms with Gasteiger partial charge in [-0.25, -0.2) is 5.43 Å². The molecule has 0 unspecified atom stereocenters. The second-order valence-electron chi connectivity index (χ2n) is 5.10. The summed E-state index contributed by atoms with van der Waals surface area (Å²) < 4.78 is 5.40. The molecule has 1 aliphatic heterocycles. The molecule has 1 aliphatic rings. The third-order valence-electron chi connectivity index (χ3n) is 3.57. The van der Waals surface area contributed by atoms with Crippen molar-refractivity contribution in [2.75, 3.05) is 25.1 Å². The normalized spacial score (nSPS) is 14.6. The van der Waals surface area contributed by atoms with Crippen molar-refractivity contribution in [3.8, 4) is 11.8 Å². The fraction of sp³-hybridized carbons (Fsp3) is 0.438. The highest BCUT2D eigenvalue weighted by Crippen LogP contribution is 2.26. The molecule has 1 aromatic rings. The maximum absolute atomic E-state index is 11.2. The SMILES string of the molecule is COc1cc(N2CCCCC2)ccc1/C=N\NC(=O)CC#N. The largest absolute Gasteiger partial charge is 0.496 e. The molecule has 1 aromatic carbocycles. The van der Waals surface area contributed by atoms with E-state index < -0.39 is 5.91 Å². The van der Waals surface area contributed by atoms with E-state index in [0.717, 1.165) is 24.3 Å². The molecular formula is C16H20N4O2. The molecule has 1 saturated heterocycles. The number of carbonyl (C=O) groups excluding carboxylic acids is 1. The third kappa shape index (κ3) is 4.22. The van der Waals surface area contributed by atoms with Crippen molar-refractivity contribution in [2.24, 2.45) is 5.10 Å². The number of nitrogens with one attached hydrogen (secondary N) is 1. The molecule has 22 heavy (non-hydrogen) atoms. The fourth-order valence-electron chi connectivity index (χ4n) is 2.44. The van der Waals surface area contributed by atoms with Gasteiger partial charge in [0, 0.05) is 30.4 Å². The van der Waals surface area contributed by atoms with Gasteiger partial charge in [0.1, 0.15) is 12.2 Å². The average Bonchev–Trinajstić information content (AvgIpc) is 2.56. The Kier molecular flexibility index (Phi) is 5.78. The van der Waals surface area contributed by atoms with Crippen LogP contribution in [0.4, 0.5) is 5.69 Å². The number of hydrogen-bond donors (Lipinski definition) is 1. The number of methoxy groups -OCH3 is 1. The summed E-state index contributed by atoms with van der Waals surface area (Å²) in [6.07, 6.45) is 5.05. The summed E-state index contributed by atoms with van der Waals surface area (Å²) in [4.78, 5) is 13.5. The topological polar surface area (TPSA) is 77.7 Å². The molecule has 6 nitrogen and oxygen atoms in total. The van der Waals surface area contributed by atoms with Gasteiger partial charge in [0.2, 0.25) is 0 Å². The third-order valence-corrected chi connectivity index (χ3v) is 3.57. The van der Waals surface area contributed by atoms with E-state index in [1.807, 2.05) is 18.2 Å². The molecule has 2 rings (SSSR count). The van der Waals surface area contributed by atoms with E-state index in [1.54, 1.807) is 13.2 Å². The lowest BCUT2D eigenvalue weighted by atomic mass is 10.1. The number of amides is 1. The zero-order chi connectivity index (χ0) is 15.8. The van der Waals surface area contributed by atoms with Crippen molar-refractivity contribution in [3.63, 3.8) is 0 Å². The minimum Gasteiger partial charge on any atom is -0.496 e. The average molecular weight is 300 g/mol. The van der Waals surface area contributed by atoms with Crippen molar-refractivity contribution < 1.29 is 9.53 Å². The van der Waals surface area contributed by atoms with E-state index >= 15 is 0 Å². The van der Waals surface area contributed by atoms with E-state index in [0.29, 0.717) is 5.75 Å². The van der Waals surface area contributed by atoms with Crippen molar-refractivity contribution in [1.29, 1.82) is 5.26 Å². The highest BCUT2D eigenvalue weighted by atomic mass is 16.5. The number of carbonyl (C=O) groups is 1. The van der Waals surface area contributed by atoms with Crippen LogP contribution in [0.1, 0.15) is 31.2 Å². The minimum absolute atomic E-state index is 0.206. The van der Waals surface area contributed by atoms with Gasteiger partial charge in [-0.2, -0.15) is 10.4 Å².